The molecular weight excluding hydrogens is 438 g/mol. The molecule has 35 heavy (non-hydrogen) atoms. The van der Waals surface area contributed by atoms with Gasteiger partial charge in [-0.1, -0.05) is 48.4 Å². The Hall–Kier alpha value is -4.34. The molecule has 1 aliphatic rings. The number of anilines is 1. The van der Waals surface area contributed by atoms with Gasteiger partial charge in [0.1, 0.15) is 5.75 Å². The minimum Gasteiger partial charge on any atom is -0.422 e. The molecule has 6 nitrogen and oxygen atoms in total. The van der Waals surface area contributed by atoms with Crippen molar-refractivity contribution in [3.8, 4) is 17.6 Å². The van der Waals surface area contributed by atoms with Crippen LogP contribution in [0.5, 0.6) is 5.75 Å². The highest BCUT2D eigenvalue weighted by atomic mass is 16.5. The molecule has 0 radical (unpaired) electrons. The van der Waals surface area contributed by atoms with E-state index in [2.05, 4.69) is 39.5 Å². The van der Waals surface area contributed by atoms with E-state index in [1.807, 2.05) is 69.6 Å². The maximum absolute atomic E-state index is 13.0. The molecule has 0 spiro atoms. The summed E-state index contributed by atoms with van der Waals surface area (Å²) >= 11 is 0. The topological polar surface area (TPSA) is 70.7 Å². The van der Waals surface area contributed by atoms with E-state index in [-0.39, 0.29) is 5.91 Å². The summed E-state index contributed by atoms with van der Waals surface area (Å²) in [7, 11) is 4.06. The normalized spacial score (nSPS) is 13.4. The monoisotopic (exact) mass is 465 g/mol. The van der Waals surface area contributed by atoms with Crippen molar-refractivity contribution in [2.45, 2.75) is 13.5 Å². The van der Waals surface area contributed by atoms with Crippen molar-refractivity contribution < 1.29 is 14.3 Å². The molecule has 0 saturated carbocycles. The molecule has 0 unspecified atom stereocenters. The summed E-state index contributed by atoms with van der Waals surface area (Å²) in [5.41, 5.74) is 5.31. The van der Waals surface area contributed by atoms with Gasteiger partial charge in [0.25, 0.3) is 5.91 Å². The second-order valence-corrected chi connectivity index (χ2v) is 8.39. The molecule has 0 saturated heterocycles. The van der Waals surface area contributed by atoms with E-state index in [0.29, 0.717) is 34.7 Å². The van der Waals surface area contributed by atoms with Crippen LogP contribution in [-0.4, -0.2) is 37.4 Å². The van der Waals surface area contributed by atoms with E-state index in [1.165, 1.54) is 5.56 Å². The quantitative estimate of drug-likeness (QED) is 0.248. The molecule has 3 aromatic carbocycles. The van der Waals surface area contributed by atoms with E-state index in [4.69, 9.17) is 4.74 Å². The number of amides is 1. The maximum Gasteiger partial charge on any atom is 0.346 e. The second-order valence-electron chi connectivity index (χ2n) is 8.39. The van der Waals surface area contributed by atoms with E-state index in [1.54, 1.807) is 12.1 Å². The van der Waals surface area contributed by atoms with Crippen LogP contribution in [0.15, 0.2) is 72.8 Å². The summed E-state index contributed by atoms with van der Waals surface area (Å²) < 4.78 is 5.61. The van der Waals surface area contributed by atoms with Crippen LogP contribution in [0.3, 0.4) is 0 Å². The molecule has 4 rings (SSSR count). The number of fused-ring (bicyclic) bond motifs is 1. The molecule has 0 aromatic heterocycles. The van der Waals surface area contributed by atoms with E-state index >= 15 is 0 Å². The minimum absolute atomic E-state index is 0.349. The average Bonchev–Trinajstić information content (AvgIpc) is 3.17. The van der Waals surface area contributed by atoms with Crippen molar-refractivity contribution in [3.63, 3.8) is 0 Å². The van der Waals surface area contributed by atoms with Crippen molar-refractivity contribution >= 4 is 28.8 Å². The Morgan fingerprint density at radius 1 is 1.00 bits per heavy atom. The van der Waals surface area contributed by atoms with Gasteiger partial charge in [-0.25, -0.2) is 4.79 Å². The number of benzene rings is 3. The Labute approximate surface area is 205 Å². The van der Waals surface area contributed by atoms with Gasteiger partial charge in [0.15, 0.2) is 0 Å². The van der Waals surface area contributed by atoms with Crippen LogP contribution in [0.2, 0.25) is 0 Å². The van der Waals surface area contributed by atoms with Crippen LogP contribution >= 0.6 is 0 Å². The van der Waals surface area contributed by atoms with Crippen molar-refractivity contribution in [1.82, 2.24) is 10.2 Å². The Kier molecular flexibility index (Phi) is 7.30. The molecule has 0 atom stereocenters. The van der Waals surface area contributed by atoms with Crippen molar-refractivity contribution in [2.24, 2.45) is 0 Å². The van der Waals surface area contributed by atoms with Crippen LogP contribution in [-0.2, 0) is 16.1 Å². The van der Waals surface area contributed by atoms with E-state index < -0.39 is 5.97 Å². The Morgan fingerprint density at radius 2 is 1.74 bits per heavy atom. The van der Waals surface area contributed by atoms with Crippen molar-refractivity contribution in [3.05, 3.63) is 95.1 Å². The number of ether oxygens (including phenoxy) is 1. The predicted octanol–water partition coefficient (Wildman–Crippen LogP) is 4.14. The molecule has 0 fully saturated rings. The number of esters is 1. The number of carbonyl (C=O) groups is 2. The molecule has 0 bridgehead atoms. The average molecular weight is 466 g/mol. The van der Waals surface area contributed by atoms with Gasteiger partial charge in [0, 0.05) is 35.8 Å². The Bertz CT molecular complexity index is 1330. The second kappa shape index (κ2) is 10.7. The third kappa shape index (κ3) is 5.78. The van der Waals surface area contributed by atoms with Crippen LogP contribution in [0.1, 0.15) is 29.2 Å². The van der Waals surface area contributed by atoms with Gasteiger partial charge < -0.3 is 20.3 Å². The number of rotatable bonds is 6. The highest BCUT2D eigenvalue weighted by molar-refractivity contribution is 6.29. The Morgan fingerprint density at radius 3 is 2.43 bits per heavy atom. The molecule has 1 aliphatic heterocycles. The molecule has 1 heterocycles. The van der Waals surface area contributed by atoms with Gasteiger partial charge in [0.05, 0.1) is 11.3 Å². The third-order valence-electron chi connectivity index (χ3n) is 5.35. The predicted molar refractivity (Wildman–Crippen MR) is 138 cm³/mol. The van der Waals surface area contributed by atoms with Crippen LogP contribution in [0.4, 0.5) is 5.69 Å². The first-order chi connectivity index (χ1) is 16.9. The van der Waals surface area contributed by atoms with E-state index in [0.717, 1.165) is 17.8 Å². The van der Waals surface area contributed by atoms with Crippen molar-refractivity contribution in [1.29, 1.82) is 0 Å². The molecule has 2 N–H and O–H groups in total. The fourth-order valence-corrected chi connectivity index (χ4v) is 3.81. The van der Waals surface area contributed by atoms with Crippen LogP contribution in [0.25, 0.3) is 11.3 Å². The SMILES string of the molecule is CCNC(=O)C#Cc1ccc2c(c1)OC(=O)/C2=C(\Nc1ccc(CN(C)C)cc1)c1ccccc1. The lowest BCUT2D eigenvalue weighted by Gasteiger charge is -2.15. The lowest BCUT2D eigenvalue weighted by atomic mass is 9.99. The molecule has 0 aliphatic carbocycles. The zero-order valence-electron chi connectivity index (χ0n) is 20.0. The first-order valence-corrected chi connectivity index (χ1v) is 11.4. The first-order valence-electron chi connectivity index (χ1n) is 11.4. The fraction of sp³-hybridized carbons (Fsp3) is 0.172. The lowest BCUT2D eigenvalue weighted by Crippen LogP contribution is -2.20. The van der Waals surface area contributed by atoms with Gasteiger partial charge >= 0.3 is 5.97 Å². The third-order valence-corrected chi connectivity index (χ3v) is 5.35. The zero-order valence-corrected chi connectivity index (χ0v) is 20.0. The summed E-state index contributed by atoms with van der Waals surface area (Å²) in [4.78, 5) is 26.8. The molecule has 1 amide bonds. The largest absolute Gasteiger partial charge is 0.422 e. The van der Waals surface area contributed by atoms with Gasteiger partial charge in [-0.15, -0.1) is 0 Å². The number of nitrogens with zero attached hydrogens (tertiary/aromatic N) is 1. The maximum atomic E-state index is 13.0. The lowest BCUT2D eigenvalue weighted by molar-refractivity contribution is -0.127. The Balaban J connectivity index is 1.72. The highest BCUT2D eigenvalue weighted by Crippen LogP contribution is 2.39. The first kappa shape index (κ1) is 23.8. The number of hydrogen-bond acceptors (Lipinski definition) is 5. The summed E-state index contributed by atoms with van der Waals surface area (Å²) in [6.07, 6.45) is 0. The summed E-state index contributed by atoms with van der Waals surface area (Å²) in [5.74, 6) is 4.99. The molecule has 6 heteroatoms. The summed E-state index contributed by atoms with van der Waals surface area (Å²) in [5, 5.41) is 6.08. The summed E-state index contributed by atoms with van der Waals surface area (Å²) in [6, 6.07) is 23.1. The van der Waals surface area contributed by atoms with Crippen LogP contribution in [0, 0.1) is 11.8 Å². The molecule has 3 aromatic rings. The number of carbonyl (C=O) groups excluding carboxylic acids is 2. The molecular formula is C29H27N3O3. The van der Waals surface area contributed by atoms with Gasteiger partial charge in [0.2, 0.25) is 0 Å². The van der Waals surface area contributed by atoms with Gasteiger partial charge in [-0.05, 0) is 62.5 Å². The van der Waals surface area contributed by atoms with Crippen molar-refractivity contribution in [2.75, 3.05) is 26.0 Å². The van der Waals surface area contributed by atoms with E-state index in [9.17, 15) is 9.59 Å². The zero-order chi connectivity index (χ0) is 24.8. The number of hydrogen-bond donors (Lipinski definition) is 2. The molecule has 176 valence electrons. The minimum atomic E-state index is -0.440. The summed E-state index contributed by atoms with van der Waals surface area (Å²) in [6.45, 7) is 3.19. The number of nitrogens with one attached hydrogen (secondary N) is 2. The standard InChI is InChI=1S/C29H27N3O3/c1-4-30-26(33)17-13-20-12-16-24-25(18-20)35-29(34)27(24)28(22-8-6-5-7-9-22)31-23-14-10-21(11-15-23)19-32(2)3/h5-12,14-16,18,31H,4,19H2,1-3H3,(H,30,33)/b28-27-. The van der Waals surface area contributed by atoms with Crippen LogP contribution < -0.4 is 15.4 Å². The van der Waals surface area contributed by atoms with Gasteiger partial charge in [-0.2, -0.15) is 0 Å². The fourth-order valence-electron chi connectivity index (χ4n) is 3.81. The smallest absolute Gasteiger partial charge is 0.346 e. The highest BCUT2D eigenvalue weighted by Gasteiger charge is 2.31. The van der Waals surface area contributed by atoms with Gasteiger partial charge in [-0.3, -0.25) is 4.79 Å².